The summed E-state index contributed by atoms with van der Waals surface area (Å²) in [6.45, 7) is 0. The van der Waals surface area contributed by atoms with Gasteiger partial charge in [0.2, 0.25) is 0 Å². The molecule has 7 heteroatoms. The molecule has 1 spiro atoms. The third-order valence-corrected chi connectivity index (χ3v) is 5.61. The number of nitrogens with zero attached hydrogens (tertiary/aromatic N) is 2. The second-order valence-corrected chi connectivity index (χ2v) is 7.47. The fourth-order valence-corrected chi connectivity index (χ4v) is 4.03. The molecule has 0 unspecified atom stereocenters. The Labute approximate surface area is 159 Å². The summed E-state index contributed by atoms with van der Waals surface area (Å²) in [7, 11) is 0. The highest BCUT2D eigenvalue weighted by atomic mass is 79.9. The number of urea groups is 1. The van der Waals surface area contributed by atoms with Crippen molar-refractivity contribution in [3.8, 4) is 11.3 Å². The van der Waals surface area contributed by atoms with E-state index in [1.807, 2.05) is 30.3 Å². The van der Waals surface area contributed by atoms with Gasteiger partial charge in [-0.3, -0.25) is 4.79 Å². The number of nitrogens with one attached hydrogen (secondary N) is 1. The number of carbonyl (C=O) groups excluding carboxylic acids is 2. The molecular formula is C19H18BrN3O3. The summed E-state index contributed by atoms with van der Waals surface area (Å²) < 4.78 is 6.69. The first-order chi connectivity index (χ1) is 12.6. The zero-order valence-electron chi connectivity index (χ0n) is 14.1. The van der Waals surface area contributed by atoms with E-state index in [1.165, 1.54) is 6.21 Å². The smallest absolute Gasteiger partial charge is 0.346 e. The first-order valence-corrected chi connectivity index (χ1v) is 9.44. The number of benzene rings is 1. The van der Waals surface area contributed by atoms with E-state index in [1.54, 1.807) is 6.07 Å². The summed E-state index contributed by atoms with van der Waals surface area (Å²) in [4.78, 5) is 24.9. The molecule has 6 nitrogen and oxygen atoms in total. The topological polar surface area (TPSA) is 74.9 Å². The van der Waals surface area contributed by atoms with Crippen molar-refractivity contribution in [2.24, 2.45) is 5.10 Å². The second-order valence-electron chi connectivity index (χ2n) is 6.62. The molecular weight excluding hydrogens is 398 g/mol. The van der Waals surface area contributed by atoms with E-state index >= 15 is 0 Å². The Balaban J connectivity index is 1.53. The van der Waals surface area contributed by atoms with Crippen LogP contribution in [0.15, 0.2) is 50.4 Å². The lowest BCUT2D eigenvalue weighted by Crippen LogP contribution is -2.48. The molecule has 0 radical (unpaired) electrons. The van der Waals surface area contributed by atoms with Crippen molar-refractivity contribution in [2.75, 3.05) is 0 Å². The van der Waals surface area contributed by atoms with Crippen LogP contribution in [0.25, 0.3) is 11.3 Å². The predicted octanol–water partition coefficient (Wildman–Crippen LogP) is 4.30. The summed E-state index contributed by atoms with van der Waals surface area (Å²) in [6, 6.07) is 10.8. The molecule has 1 saturated heterocycles. The molecule has 26 heavy (non-hydrogen) atoms. The van der Waals surface area contributed by atoms with Gasteiger partial charge in [0, 0.05) is 10.0 Å². The number of carbonyl (C=O) groups is 2. The maximum atomic E-state index is 12.7. The van der Waals surface area contributed by atoms with Crippen LogP contribution in [0.3, 0.4) is 0 Å². The van der Waals surface area contributed by atoms with E-state index in [0.717, 1.165) is 34.3 Å². The molecule has 2 fully saturated rings. The Bertz CT molecular complexity index is 884. The summed E-state index contributed by atoms with van der Waals surface area (Å²) in [5.74, 6) is 0.886. The van der Waals surface area contributed by atoms with Gasteiger partial charge in [-0.2, -0.15) is 5.10 Å². The predicted molar refractivity (Wildman–Crippen MR) is 101 cm³/mol. The van der Waals surface area contributed by atoms with Crippen LogP contribution in [0.4, 0.5) is 4.79 Å². The zero-order valence-corrected chi connectivity index (χ0v) is 15.7. The number of hydrazone groups is 1. The Morgan fingerprint density at radius 2 is 1.88 bits per heavy atom. The molecule has 1 N–H and O–H groups in total. The minimum atomic E-state index is -0.768. The molecule has 1 aliphatic carbocycles. The van der Waals surface area contributed by atoms with Crippen molar-refractivity contribution < 1.29 is 14.0 Å². The summed E-state index contributed by atoms with van der Waals surface area (Å²) in [5, 5.41) is 7.83. The van der Waals surface area contributed by atoms with Gasteiger partial charge in [0.1, 0.15) is 17.1 Å². The first kappa shape index (κ1) is 17.0. The molecule has 0 atom stereocenters. The van der Waals surface area contributed by atoms with Crippen LogP contribution in [-0.2, 0) is 4.79 Å². The Morgan fingerprint density at radius 1 is 1.12 bits per heavy atom. The Morgan fingerprint density at radius 3 is 2.65 bits per heavy atom. The normalized spacial score (nSPS) is 19.5. The van der Waals surface area contributed by atoms with Gasteiger partial charge in [-0.15, -0.1) is 5.01 Å². The van der Waals surface area contributed by atoms with Crippen molar-refractivity contribution in [2.45, 2.75) is 37.6 Å². The van der Waals surface area contributed by atoms with Gasteiger partial charge in [0.25, 0.3) is 5.91 Å². The fourth-order valence-electron chi connectivity index (χ4n) is 3.55. The molecule has 1 aliphatic heterocycles. The highest BCUT2D eigenvalue weighted by Gasteiger charge is 2.51. The van der Waals surface area contributed by atoms with E-state index < -0.39 is 11.6 Å². The monoisotopic (exact) mass is 415 g/mol. The molecule has 134 valence electrons. The molecule has 1 saturated carbocycles. The third kappa shape index (κ3) is 2.96. The van der Waals surface area contributed by atoms with Crippen LogP contribution in [0.1, 0.15) is 37.9 Å². The lowest BCUT2D eigenvalue weighted by Gasteiger charge is -2.29. The number of furan rings is 1. The number of amides is 3. The highest BCUT2D eigenvalue weighted by Crippen LogP contribution is 2.34. The lowest BCUT2D eigenvalue weighted by molar-refractivity contribution is -0.132. The van der Waals surface area contributed by atoms with E-state index in [2.05, 4.69) is 26.3 Å². The molecule has 4 rings (SSSR count). The number of rotatable bonds is 3. The van der Waals surface area contributed by atoms with E-state index in [4.69, 9.17) is 4.42 Å². The van der Waals surface area contributed by atoms with Gasteiger partial charge in [-0.05, 0) is 31.0 Å². The maximum Gasteiger partial charge on any atom is 0.346 e. The highest BCUT2D eigenvalue weighted by molar-refractivity contribution is 9.10. The molecule has 1 aromatic carbocycles. The van der Waals surface area contributed by atoms with Crippen molar-refractivity contribution in [1.82, 2.24) is 10.3 Å². The van der Waals surface area contributed by atoms with Gasteiger partial charge in [0.15, 0.2) is 0 Å². The van der Waals surface area contributed by atoms with Crippen molar-refractivity contribution >= 4 is 34.1 Å². The minimum Gasteiger partial charge on any atom is -0.455 e. The summed E-state index contributed by atoms with van der Waals surface area (Å²) in [6.07, 6.45) is 5.74. The van der Waals surface area contributed by atoms with Crippen LogP contribution >= 0.6 is 15.9 Å². The molecule has 2 aliphatic rings. The van der Waals surface area contributed by atoms with Gasteiger partial charge in [0.05, 0.1) is 6.21 Å². The van der Waals surface area contributed by atoms with Crippen LogP contribution in [0.5, 0.6) is 0 Å². The maximum absolute atomic E-state index is 12.7. The third-order valence-electron chi connectivity index (χ3n) is 4.91. The number of halogens is 1. The first-order valence-electron chi connectivity index (χ1n) is 8.64. The van der Waals surface area contributed by atoms with Crippen molar-refractivity contribution in [3.05, 3.63) is 46.6 Å². The van der Waals surface area contributed by atoms with E-state index in [0.29, 0.717) is 24.4 Å². The van der Waals surface area contributed by atoms with Gasteiger partial charge in [-0.25, -0.2) is 4.79 Å². The van der Waals surface area contributed by atoms with E-state index in [-0.39, 0.29) is 5.91 Å². The zero-order chi connectivity index (χ0) is 18.1. The average Bonchev–Trinajstić information content (AvgIpc) is 3.19. The second kappa shape index (κ2) is 6.72. The van der Waals surface area contributed by atoms with Gasteiger partial charge in [-0.1, -0.05) is 53.4 Å². The van der Waals surface area contributed by atoms with Crippen molar-refractivity contribution in [1.29, 1.82) is 0 Å². The Kier molecular flexibility index (Phi) is 4.40. The number of imide groups is 1. The fraction of sp³-hybridized carbons (Fsp3) is 0.316. The SMILES string of the molecule is O=C1NC2(CCCCC2)C(=O)N1/N=C\c1ccc(-c2ccccc2Br)o1. The number of hydrogen-bond donors (Lipinski definition) is 1. The lowest BCUT2D eigenvalue weighted by atomic mass is 9.82. The average molecular weight is 416 g/mol. The minimum absolute atomic E-state index is 0.268. The van der Waals surface area contributed by atoms with Crippen LogP contribution in [-0.4, -0.2) is 28.7 Å². The molecule has 2 aromatic rings. The van der Waals surface area contributed by atoms with Crippen LogP contribution in [0, 0.1) is 0 Å². The molecule has 0 bridgehead atoms. The molecule has 3 amide bonds. The quantitative estimate of drug-likeness (QED) is 0.599. The molecule has 1 aromatic heterocycles. The largest absolute Gasteiger partial charge is 0.455 e. The summed E-state index contributed by atoms with van der Waals surface area (Å²) >= 11 is 3.49. The molecule has 2 heterocycles. The van der Waals surface area contributed by atoms with Gasteiger partial charge < -0.3 is 9.73 Å². The van der Waals surface area contributed by atoms with Crippen LogP contribution in [0.2, 0.25) is 0 Å². The van der Waals surface area contributed by atoms with E-state index in [9.17, 15) is 9.59 Å². The number of hydrogen-bond acceptors (Lipinski definition) is 4. The van der Waals surface area contributed by atoms with Crippen LogP contribution < -0.4 is 5.32 Å². The standard InChI is InChI=1S/C19H18BrN3O3/c20-15-7-3-2-6-14(15)16-9-8-13(26-16)12-21-23-17(24)19(22-18(23)25)10-4-1-5-11-19/h2-3,6-9,12H,1,4-5,10-11H2,(H,22,25)/b21-12-. The Hall–Kier alpha value is -2.41. The van der Waals surface area contributed by atoms with Crippen molar-refractivity contribution in [3.63, 3.8) is 0 Å². The van der Waals surface area contributed by atoms with Gasteiger partial charge >= 0.3 is 6.03 Å². The summed E-state index contributed by atoms with van der Waals surface area (Å²) in [5.41, 5.74) is 0.152.